The molecule has 30 heavy (non-hydrogen) atoms. The van der Waals surface area contributed by atoms with Gasteiger partial charge in [-0.2, -0.15) is 0 Å². The molecule has 2 aromatic carbocycles. The van der Waals surface area contributed by atoms with Crippen LogP contribution in [-0.2, 0) is 0 Å². The Morgan fingerprint density at radius 3 is 2.37 bits per heavy atom. The number of hydrogen-bond donors (Lipinski definition) is 2. The van der Waals surface area contributed by atoms with Gasteiger partial charge in [-0.1, -0.05) is 30.3 Å². The summed E-state index contributed by atoms with van der Waals surface area (Å²) in [5.41, 5.74) is 0.0531. The number of piperidine rings is 1. The van der Waals surface area contributed by atoms with Gasteiger partial charge in [-0.25, -0.2) is 4.39 Å². The van der Waals surface area contributed by atoms with Gasteiger partial charge in [-0.3, -0.25) is 9.79 Å². The van der Waals surface area contributed by atoms with Crippen LogP contribution >= 0.6 is 24.0 Å². The fourth-order valence-corrected chi connectivity index (χ4v) is 3.30. The molecule has 0 atom stereocenters. The van der Waals surface area contributed by atoms with E-state index in [4.69, 9.17) is 4.74 Å². The van der Waals surface area contributed by atoms with Gasteiger partial charge >= 0.3 is 0 Å². The van der Waals surface area contributed by atoms with Gasteiger partial charge in [0.15, 0.2) is 5.96 Å². The van der Waals surface area contributed by atoms with Crippen LogP contribution < -0.4 is 15.4 Å². The van der Waals surface area contributed by atoms with Crippen molar-refractivity contribution in [1.29, 1.82) is 0 Å². The van der Waals surface area contributed by atoms with Crippen molar-refractivity contribution < 1.29 is 13.9 Å². The quantitative estimate of drug-likeness (QED) is 0.263. The van der Waals surface area contributed by atoms with E-state index >= 15 is 0 Å². The number of carbonyl (C=O) groups is 1. The number of likely N-dealkylation sites (tertiary alicyclic amines) is 1. The number of carbonyl (C=O) groups excluding carboxylic acids is 1. The third-order valence-electron chi connectivity index (χ3n) is 4.81. The zero-order valence-electron chi connectivity index (χ0n) is 17.0. The maximum Gasteiger partial charge on any atom is 0.254 e. The molecule has 0 saturated carbocycles. The van der Waals surface area contributed by atoms with Crippen LogP contribution in [0.25, 0.3) is 0 Å². The second-order valence-corrected chi connectivity index (χ2v) is 6.83. The lowest BCUT2D eigenvalue weighted by Crippen LogP contribution is -2.48. The molecule has 0 spiro atoms. The Balaban J connectivity index is 0.00000320. The van der Waals surface area contributed by atoms with E-state index in [9.17, 15) is 9.18 Å². The molecule has 3 rings (SSSR count). The molecule has 8 heteroatoms. The summed E-state index contributed by atoms with van der Waals surface area (Å²) in [6.45, 7) is 2.57. The molecule has 162 valence electrons. The van der Waals surface area contributed by atoms with Crippen LogP contribution in [0, 0.1) is 5.82 Å². The molecule has 1 aliphatic heterocycles. The fourth-order valence-electron chi connectivity index (χ4n) is 3.30. The van der Waals surface area contributed by atoms with Gasteiger partial charge in [0.2, 0.25) is 0 Å². The first-order valence-electron chi connectivity index (χ1n) is 9.87. The summed E-state index contributed by atoms with van der Waals surface area (Å²) in [6.07, 6.45) is 2.03. The van der Waals surface area contributed by atoms with Crippen molar-refractivity contribution in [3.63, 3.8) is 0 Å². The lowest BCUT2D eigenvalue weighted by atomic mass is 10.1. The lowest BCUT2D eigenvalue weighted by Gasteiger charge is -2.34. The van der Waals surface area contributed by atoms with Crippen molar-refractivity contribution in [3.8, 4) is 5.75 Å². The monoisotopic (exact) mass is 526 g/mol. The third-order valence-corrected chi connectivity index (χ3v) is 4.81. The van der Waals surface area contributed by atoms with Crippen molar-refractivity contribution in [1.82, 2.24) is 15.5 Å². The van der Waals surface area contributed by atoms with Crippen LogP contribution in [0.1, 0.15) is 23.2 Å². The summed E-state index contributed by atoms with van der Waals surface area (Å²) in [5, 5.41) is 5.97. The number of nitrogens with one attached hydrogen (secondary N) is 2. The normalized spacial score (nSPS) is 14.6. The molecule has 0 radical (unpaired) electrons. The Kier molecular flexibility index (Phi) is 9.85. The van der Waals surface area contributed by atoms with E-state index in [0.717, 1.165) is 37.6 Å². The Bertz CT molecular complexity index is 827. The summed E-state index contributed by atoms with van der Waals surface area (Å²) < 4.78 is 19.7. The first kappa shape index (κ1) is 23.9. The van der Waals surface area contributed by atoms with E-state index in [2.05, 4.69) is 20.5 Å². The van der Waals surface area contributed by atoms with Gasteiger partial charge in [0.25, 0.3) is 5.91 Å². The number of ether oxygens (including phenoxy) is 1. The highest BCUT2D eigenvalue weighted by molar-refractivity contribution is 14.0. The van der Waals surface area contributed by atoms with Crippen molar-refractivity contribution in [2.45, 2.75) is 18.9 Å². The molecule has 2 N–H and O–H groups in total. The number of halogens is 2. The van der Waals surface area contributed by atoms with Gasteiger partial charge in [-0.15, -0.1) is 24.0 Å². The molecule has 0 bridgehead atoms. The molecular weight excluding hydrogens is 498 g/mol. The summed E-state index contributed by atoms with van der Waals surface area (Å²) in [7, 11) is 1.74. The van der Waals surface area contributed by atoms with Crippen molar-refractivity contribution in [3.05, 3.63) is 66.0 Å². The van der Waals surface area contributed by atoms with E-state index in [1.807, 2.05) is 30.3 Å². The van der Waals surface area contributed by atoms with E-state index < -0.39 is 11.7 Å². The van der Waals surface area contributed by atoms with Gasteiger partial charge in [0, 0.05) is 46.1 Å². The van der Waals surface area contributed by atoms with Crippen LogP contribution in [0.3, 0.4) is 0 Å². The maximum atomic E-state index is 13.6. The second kappa shape index (κ2) is 12.4. The molecule has 1 heterocycles. The molecule has 6 nitrogen and oxygen atoms in total. The van der Waals surface area contributed by atoms with Crippen molar-refractivity contribution in [2.75, 3.05) is 33.2 Å². The van der Waals surface area contributed by atoms with Crippen LogP contribution in [0.2, 0.25) is 0 Å². The average Bonchev–Trinajstić information content (AvgIpc) is 2.75. The molecule has 2 aromatic rings. The number of guanidine groups is 1. The first-order chi connectivity index (χ1) is 14.2. The zero-order chi connectivity index (χ0) is 20.5. The number of rotatable bonds is 6. The number of benzene rings is 2. The van der Waals surface area contributed by atoms with Gasteiger partial charge in [0.05, 0.1) is 5.56 Å². The van der Waals surface area contributed by atoms with Gasteiger partial charge in [0.1, 0.15) is 17.7 Å². The molecule has 1 aliphatic rings. The van der Waals surface area contributed by atoms with Crippen LogP contribution in [0.15, 0.2) is 59.6 Å². The molecule has 0 aromatic heterocycles. The van der Waals surface area contributed by atoms with Crippen LogP contribution in [-0.4, -0.2) is 56.1 Å². The minimum absolute atomic E-state index is 0. The molecule has 1 amide bonds. The number of hydrogen-bond acceptors (Lipinski definition) is 3. The van der Waals surface area contributed by atoms with E-state index in [-0.39, 0.29) is 35.6 Å². The number of para-hydroxylation sites is 1. The van der Waals surface area contributed by atoms with E-state index in [1.165, 1.54) is 12.1 Å². The fraction of sp³-hybridized carbons (Fsp3) is 0.364. The largest absolute Gasteiger partial charge is 0.490 e. The topological polar surface area (TPSA) is 66.0 Å². The number of amides is 1. The Morgan fingerprint density at radius 1 is 1.07 bits per heavy atom. The second-order valence-electron chi connectivity index (χ2n) is 6.83. The summed E-state index contributed by atoms with van der Waals surface area (Å²) in [5.74, 6) is 0.760. The summed E-state index contributed by atoms with van der Waals surface area (Å²) in [6, 6.07) is 15.8. The lowest BCUT2D eigenvalue weighted by molar-refractivity contribution is 0.0950. The molecule has 0 aliphatic carbocycles. The minimum atomic E-state index is -0.519. The van der Waals surface area contributed by atoms with Crippen molar-refractivity contribution >= 4 is 35.8 Å². The molecule has 0 unspecified atom stereocenters. The Hall–Kier alpha value is -2.36. The molecule has 1 saturated heterocycles. The molecular formula is C22H28FIN4O2. The highest BCUT2D eigenvalue weighted by Crippen LogP contribution is 2.18. The smallest absolute Gasteiger partial charge is 0.254 e. The third kappa shape index (κ3) is 6.86. The average molecular weight is 526 g/mol. The standard InChI is InChI=1S/C22H27FN4O2.HI/c1-24-22(26-14-13-25-21(28)19-9-5-6-10-20(19)23)27-15-11-18(12-16-27)29-17-7-3-2-4-8-17;/h2-10,18H,11-16H2,1H3,(H,24,26)(H,25,28);1H. The summed E-state index contributed by atoms with van der Waals surface area (Å²) in [4.78, 5) is 18.5. The van der Waals surface area contributed by atoms with Crippen molar-refractivity contribution in [2.24, 2.45) is 4.99 Å². The van der Waals surface area contributed by atoms with E-state index in [0.29, 0.717) is 13.1 Å². The van der Waals surface area contributed by atoms with Crippen LogP contribution in [0.4, 0.5) is 4.39 Å². The van der Waals surface area contributed by atoms with Gasteiger partial charge in [-0.05, 0) is 24.3 Å². The first-order valence-corrected chi connectivity index (χ1v) is 9.87. The SMILES string of the molecule is CN=C(NCCNC(=O)c1ccccc1F)N1CCC(Oc2ccccc2)CC1.I. The zero-order valence-corrected chi connectivity index (χ0v) is 19.3. The number of nitrogens with zero attached hydrogens (tertiary/aromatic N) is 2. The summed E-state index contributed by atoms with van der Waals surface area (Å²) >= 11 is 0. The Labute approximate surface area is 193 Å². The number of aliphatic imine (C=N–C) groups is 1. The predicted octanol–water partition coefficient (Wildman–Crippen LogP) is 3.29. The highest BCUT2D eigenvalue weighted by atomic mass is 127. The van der Waals surface area contributed by atoms with Crippen LogP contribution in [0.5, 0.6) is 5.75 Å². The Morgan fingerprint density at radius 2 is 1.70 bits per heavy atom. The van der Waals surface area contributed by atoms with Gasteiger partial charge < -0.3 is 20.3 Å². The van der Waals surface area contributed by atoms with E-state index in [1.54, 1.807) is 19.2 Å². The molecule has 1 fully saturated rings. The predicted molar refractivity (Wildman–Crippen MR) is 127 cm³/mol. The maximum absolute atomic E-state index is 13.6. The highest BCUT2D eigenvalue weighted by Gasteiger charge is 2.22. The minimum Gasteiger partial charge on any atom is -0.490 e.